The van der Waals surface area contributed by atoms with Gasteiger partial charge in [-0.25, -0.2) is 0 Å². The summed E-state index contributed by atoms with van der Waals surface area (Å²) in [5.41, 5.74) is 0. The third-order valence-electron chi connectivity index (χ3n) is 7.22. The maximum Gasteiger partial charge on any atom is 0.303 e. The lowest BCUT2D eigenvalue weighted by molar-refractivity contribution is -0.307. The Morgan fingerprint density at radius 2 is 1.12 bits per heavy atom. The maximum atomic E-state index is 12.0. The monoisotopic (exact) mass is 602 g/mol. The summed E-state index contributed by atoms with van der Waals surface area (Å²) >= 11 is 0. The molecule has 1 heterocycles. The average molecular weight is 603 g/mol. The van der Waals surface area contributed by atoms with Crippen molar-refractivity contribution >= 4 is 32.0 Å². The van der Waals surface area contributed by atoms with Crippen LogP contribution in [0.5, 0.6) is 0 Å². The van der Waals surface area contributed by atoms with Gasteiger partial charge in [-0.3, -0.25) is 19.2 Å². The first kappa shape index (κ1) is 37.0. The first-order chi connectivity index (χ1) is 19.4. The van der Waals surface area contributed by atoms with Crippen LogP contribution in [0.25, 0.3) is 0 Å². The smallest absolute Gasteiger partial charge is 0.303 e. The van der Waals surface area contributed by atoms with Crippen LogP contribution in [-0.2, 0) is 47.6 Å². The molecule has 0 aromatic rings. The quantitative estimate of drug-likeness (QED) is 0.0740. The van der Waals surface area contributed by atoms with E-state index in [4.69, 9.17) is 28.4 Å². The Balaban J connectivity index is 2.76. The Morgan fingerprint density at radius 1 is 0.634 bits per heavy atom. The summed E-state index contributed by atoms with van der Waals surface area (Å²) in [6.07, 6.45) is 7.36. The molecule has 11 heteroatoms. The molecule has 0 aromatic heterocycles. The van der Waals surface area contributed by atoms with E-state index in [0.29, 0.717) is 6.61 Å². The van der Waals surface area contributed by atoms with Crippen molar-refractivity contribution < 1.29 is 47.6 Å². The summed E-state index contributed by atoms with van der Waals surface area (Å²) in [7, 11) is -1.57. The van der Waals surface area contributed by atoms with Gasteiger partial charge < -0.3 is 28.4 Å². The molecule has 5 unspecified atom stereocenters. The van der Waals surface area contributed by atoms with Crippen LogP contribution >= 0.6 is 0 Å². The van der Waals surface area contributed by atoms with Crippen LogP contribution in [0.4, 0.5) is 0 Å². The molecule has 41 heavy (non-hydrogen) atoms. The number of rotatable bonds is 20. The fourth-order valence-corrected chi connectivity index (χ4v) is 7.12. The van der Waals surface area contributed by atoms with Gasteiger partial charge in [0.1, 0.15) is 12.7 Å². The number of carbonyl (C=O) groups excluding carboxylic acids is 4. The Bertz CT molecular complexity index is 802. The highest BCUT2D eigenvalue weighted by Gasteiger charge is 2.52. The molecular formula is C30H54O10Si. The summed E-state index contributed by atoms with van der Waals surface area (Å²) in [6, 6.07) is 2.04. The molecule has 1 rings (SSSR count). The molecule has 1 saturated heterocycles. The second-order valence-corrected chi connectivity index (χ2v) is 17.1. The van der Waals surface area contributed by atoms with Crippen molar-refractivity contribution in [3.63, 3.8) is 0 Å². The van der Waals surface area contributed by atoms with Crippen LogP contribution in [0.2, 0.25) is 25.2 Å². The molecule has 1 aliphatic heterocycles. The second kappa shape index (κ2) is 20.0. The minimum atomic E-state index is -1.57. The van der Waals surface area contributed by atoms with E-state index >= 15 is 0 Å². The van der Waals surface area contributed by atoms with E-state index in [1.165, 1.54) is 97.9 Å². The molecule has 0 aliphatic carbocycles. The average Bonchev–Trinajstić information content (AvgIpc) is 2.86. The molecule has 5 atom stereocenters. The van der Waals surface area contributed by atoms with E-state index in [2.05, 4.69) is 20.0 Å². The second-order valence-electron chi connectivity index (χ2n) is 11.8. The zero-order valence-corrected chi connectivity index (χ0v) is 27.4. The fourth-order valence-electron chi connectivity index (χ4n) is 4.99. The Hall–Kier alpha value is -1.98. The van der Waals surface area contributed by atoms with Crippen molar-refractivity contribution in [1.82, 2.24) is 0 Å². The Labute approximate surface area is 247 Å². The number of unbranched alkanes of at least 4 members (excludes halogenated alkanes) is 9. The van der Waals surface area contributed by atoms with Crippen molar-refractivity contribution in [3.8, 4) is 0 Å². The van der Waals surface area contributed by atoms with Crippen LogP contribution in [0.15, 0.2) is 0 Å². The van der Waals surface area contributed by atoms with E-state index in [-0.39, 0.29) is 6.61 Å². The predicted octanol–water partition coefficient (Wildman–Crippen LogP) is 5.72. The molecule has 0 bridgehead atoms. The van der Waals surface area contributed by atoms with Crippen LogP contribution in [0, 0.1) is 0 Å². The molecule has 0 N–H and O–H groups in total. The lowest BCUT2D eigenvalue weighted by Gasteiger charge is -2.44. The van der Waals surface area contributed by atoms with Gasteiger partial charge in [0.2, 0.25) is 0 Å². The molecular weight excluding hydrogens is 548 g/mol. The highest BCUT2D eigenvalue weighted by atomic mass is 28.3. The van der Waals surface area contributed by atoms with Crippen LogP contribution in [0.1, 0.15) is 98.8 Å². The zero-order chi connectivity index (χ0) is 30.8. The summed E-state index contributed by atoms with van der Waals surface area (Å²) in [5.74, 6) is -2.52. The van der Waals surface area contributed by atoms with Crippen molar-refractivity contribution in [2.75, 3.05) is 13.2 Å². The molecule has 10 nitrogen and oxygen atoms in total. The first-order valence-electron chi connectivity index (χ1n) is 15.3. The van der Waals surface area contributed by atoms with Crippen molar-refractivity contribution in [3.05, 3.63) is 0 Å². The fraction of sp³-hybridized carbons (Fsp3) is 0.867. The number of carbonyl (C=O) groups is 4. The molecule has 238 valence electrons. The molecule has 1 aliphatic rings. The van der Waals surface area contributed by atoms with Crippen LogP contribution < -0.4 is 0 Å². The van der Waals surface area contributed by atoms with Gasteiger partial charge >= 0.3 is 23.9 Å². The van der Waals surface area contributed by atoms with Gasteiger partial charge in [-0.2, -0.15) is 0 Å². The van der Waals surface area contributed by atoms with Crippen LogP contribution in [0.3, 0.4) is 0 Å². The normalized spacial score (nSPS) is 22.6. The van der Waals surface area contributed by atoms with E-state index < -0.39 is 62.7 Å². The third kappa shape index (κ3) is 16.3. The number of esters is 4. The molecule has 0 amide bonds. The molecule has 1 fully saturated rings. The van der Waals surface area contributed by atoms with Gasteiger partial charge in [-0.15, -0.1) is 0 Å². The third-order valence-corrected chi connectivity index (χ3v) is 10.5. The Kier molecular flexibility index (Phi) is 18.1. The topological polar surface area (TPSA) is 124 Å². The number of hydrogen-bond acceptors (Lipinski definition) is 10. The van der Waals surface area contributed by atoms with Crippen molar-refractivity contribution in [2.24, 2.45) is 0 Å². The van der Waals surface area contributed by atoms with E-state index in [1.807, 2.05) is 0 Å². The highest BCUT2D eigenvalue weighted by Crippen LogP contribution is 2.31. The lowest BCUT2D eigenvalue weighted by Crippen LogP contribution is -2.63. The summed E-state index contributed by atoms with van der Waals surface area (Å²) < 4.78 is 33.6. The van der Waals surface area contributed by atoms with Gasteiger partial charge in [0, 0.05) is 42.4 Å². The van der Waals surface area contributed by atoms with E-state index in [0.717, 1.165) is 6.04 Å². The lowest BCUT2D eigenvalue weighted by atomic mass is 9.98. The Morgan fingerprint density at radius 3 is 1.63 bits per heavy atom. The van der Waals surface area contributed by atoms with Gasteiger partial charge in [0.15, 0.2) is 24.6 Å². The van der Waals surface area contributed by atoms with Crippen LogP contribution in [-0.4, -0.2) is 75.9 Å². The minimum Gasteiger partial charge on any atom is -0.463 e. The molecule has 0 radical (unpaired) electrons. The predicted molar refractivity (Wildman–Crippen MR) is 157 cm³/mol. The largest absolute Gasteiger partial charge is 0.463 e. The van der Waals surface area contributed by atoms with Gasteiger partial charge in [-0.05, 0) is 6.04 Å². The number of hydrogen-bond donors (Lipinski definition) is 0. The molecule has 0 spiro atoms. The van der Waals surface area contributed by atoms with Gasteiger partial charge in [-0.1, -0.05) is 90.3 Å². The SMILES string of the molecule is CCCCCCCCCCCC[Si](C)(C)CCOC1OC(COC(C)=O)C(OC(C)=O)C(OC(C)=O)C1OC(C)=O. The van der Waals surface area contributed by atoms with Crippen molar-refractivity contribution in [1.29, 1.82) is 0 Å². The zero-order valence-electron chi connectivity index (χ0n) is 26.4. The summed E-state index contributed by atoms with van der Waals surface area (Å²) in [5, 5.41) is 0. The van der Waals surface area contributed by atoms with Crippen molar-refractivity contribution in [2.45, 2.75) is 155 Å². The van der Waals surface area contributed by atoms with E-state index in [1.54, 1.807) is 0 Å². The summed E-state index contributed by atoms with van der Waals surface area (Å²) in [6.45, 7) is 11.8. The standard InChI is InChI=1S/C30H54O10Si/c1-8-9-10-11-12-13-14-15-16-17-19-41(6,7)20-18-35-30-29(39-25(5)34)28(38-24(4)33)27(37-23(3)32)26(40-30)21-36-22(2)31/h26-30H,8-21H2,1-7H3. The van der Waals surface area contributed by atoms with E-state index in [9.17, 15) is 19.2 Å². The first-order valence-corrected chi connectivity index (χ1v) is 18.7. The van der Waals surface area contributed by atoms with Gasteiger partial charge in [0.05, 0.1) is 0 Å². The van der Waals surface area contributed by atoms with Gasteiger partial charge in [0.25, 0.3) is 0 Å². The summed E-state index contributed by atoms with van der Waals surface area (Å²) in [4.78, 5) is 47.3. The molecule has 0 aromatic carbocycles. The minimum absolute atomic E-state index is 0.267. The number of ether oxygens (including phenoxy) is 6. The molecule has 0 saturated carbocycles. The maximum absolute atomic E-state index is 12.0. The highest BCUT2D eigenvalue weighted by molar-refractivity contribution is 6.77.